The van der Waals surface area contributed by atoms with Crippen molar-refractivity contribution >= 4 is 17.8 Å². The lowest BCUT2D eigenvalue weighted by atomic mass is 9.78. The Morgan fingerprint density at radius 1 is 1.21 bits per heavy atom. The van der Waals surface area contributed by atoms with Gasteiger partial charge in [-0.15, -0.1) is 0 Å². The Morgan fingerprint density at radius 3 is 2.71 bits per heavy atom. The maximum Gasteiger partial charge on any atom is 0.312 e. The number of esters is 1. The van der Waals surface area contributed by atoms with Crippen LogP contribution in [-0.4, -0.2) is 82.8 Å². The number of aliphatic hydroxyl groups is 1. The van der Waals surface area contributed by atoms with E-state index in [1.165, 1.54) is 0 Å². The van der Waals surface area contributed by atoms with E-state index in [-0.39, 0.29) is 24.3 Å². The molecular formula is C26H38N2O6. The molecule has 4 aliphatic rings. The normalized spacial score (nSPS) is 35.1. The molecule has 2 amide bonds. The number of carbonyl (C=O) groups is 3. The fraction of sp³-hybridized carbons (Fsp3) is 0.731. The van der Waals surface area contributed by atoms with Gasteiger partial charge >= 0.3 is 5.97 Å². The van der Waals surface area contributed by atoms with Gasteiger partial charge in [0.15, 0.2) is 0 Å². The molecule has 4 rings (SSSR count). The molecule has 0 bridgehead atoms. The van der Waals surface area contributed by atoms with Crippen molar-refractivity contribution in [2.75, 3.05) is 26.3 Å². The van der Waals surface area contributed by atoms with Crippen LogP contribution in [0.5, 0.6) is 0 Å². The number of unbranched alkanes of at least 4 members (excludes halogenated alkanes) is 1. The number of allylic oxidation sites excluding steroid dienone is 1. The fourth-order valence-corrected chi connectivity index (χ4v) is 6.00. The van der Waals surface area contributed by atoms with Crippen molar-refractivity contribution in [3.05, 3.63) is 24.3 Å². The summed E-state index contributed by atoms with van der Waals surface area (Å²) in [5.74, 6) is -2.43. The number of fused-ring (bicyclic) bond motifs is 2. The molecule has 8 nitrogen and oxygen atoms in total. The molecule has 0 aliphatic carbocycles. The number of nitrogens with zero attached hydrogens (tertiary/aromatic N) is 2. The second-order valence-electron chi connectivity index (χ2n) is 10.3. The number of rotatable bonds is 7. The third-order valence-corrected chi connectivity index (χ3v) is 7.50. The van der Waals surface area contributed by atoms with E-state index in [0.29, 0.717) is 32.5 Å². The van der Waals surface area contributed by atoms with E-state index in [1.807, 2.05) is 38.2 Å². The molecule has 6 atom stereocenters. The molecule has 8 heteroatoms. The summed E-state index contributed by atoms with van der Waals surface area (Å²) in [5, 5.41) is 10.3. The summed E-state index contributed by atoms with van der Waals surface area (Å²) in [4.78, 5) is 44.6. The van der Waals surface area contributed by atoms with Crippen molar-refractivity contribution in [3.8, 4) is 0 Å². The number of likely N-dealkylation sites (tertiary alicyclic amines) is 1. The van der Waals surface area contributed by atoms with E-state index in [2.05, 4.69) is 6.92 Å². The highest BCUT2D eigenvalue weighted by molar-refractivity contribution is 5.99. The first-order chi connectivity index (χ1) is 16.4. The summed E-state index contributed by atoms with van der Waals surface area (Å²) in [6.07, 6.45) is 10.7. The Hall–Kier alpha value is -2.19. The molecule has 34 heavy (non-hydrogen) atoms. The molecule has 4 heterocycles. The summed E-state index contributed by atoms with van der Waals surface area (Å²) < 4.78 is 12.1. The van der Waals surface area contributed by atoms with Gasteiger partial charge in [-0.1, -0.05) is 51.5 Å². The van der Waals surface area contributed by atoms with Crippen molar-refractivity contribution in [2.24, 2.45) is 17.8 Å². The Bertz CT molecular complexity index is 854. The molecule has 0 saturated carbocycles. The lowest BCUT2D eigenvalue weighted by molar-refractivity contribution is -0.156. The minimum atomic E-state index is -1.27. The van der Waals surface area contributed by atoms with Gasteiger partial charge in [0.1, 0.15) is 17.6 Å². The number of hydrogen-bond donors (Lipinski definition) is 1. The topological polar surface area (TPSA) is 96.4 Å². The molecular weight excluding hydrogens is 436 g/mol. The van der Waals surface area contributed by atoms with Crippen LogP contribution in [0.25, 0.3) is 0 Å². The molecule has 1 N–H and O–H groups in total. The van der Waals surface area contributed by atoms with Crippen LogP contribution in [0.4, 0.5) is 0 Å². The summed E-state index contributed by atoms with van der Waals surface area (Å²) in [6, 6.07) is -1.46. The first-order valence-electron chi connectivity index (χ1n) is 12.8. The quantitative estimate of drug-likeness (QED) is 0.448. The molecule has 1 unspecified atom stereocenters. The van der Waals surface area contributed by atoms with E-state index >= 15 is 0 Å². The van der Waals surface area contributed by atoms with Crippen molar-refractivity contribution in [1.82, 2.24) is 9.80 Å². The number of aliphatic hydroxyl groups excluding tert-OH is 1. The highest BCUT2D eigenvalue weighted by Gasteiger charge is 2.72. The zero-order chi connectivity index (χ0) is 24.5. The second kappa shape index (κ2) is 10.2. The molecule has 0 aromatic heterocycles. The van der Waals surface area contributed by atoms with Crippen LogP contribution in [0, 0.1) is 17.8 Å². The number of cyclic esters (lactones) is 1. The largest absolute Gasteiger partial charge is 0.465 e. The Balaban J connectivity index is 1.82. The molecule has 2 saturated heterocycles. The summed E-state index contributed by atoms with van der Waals surface area (Å²) in [6.45, 7) is 7.17. The van der Waals surface area contributed by atoms with Crippen molar-refractivity contribution in [1.29, 1.82) is 0 Å². The molecule has 0 aromatic carbocycles. The zero-order valence-corrected chi connectivity index (χ0v) is 20.5. The minimum Gasteiger partial charge on any atom is -0.465 e. The van der Waals surface area contributed by atoms with E-state index in [4.69, 9.17) is 9.47 Å². The van der Waals surface area contributed by atoms with Crippen LogP contribution in [0.1, 0.15) is 52.9 Å². The molecule has 188 valence electrons. The number of carbonyl (C=O) groups excluding carboxylic acids is 3. The summed E-state index contributed by atoms with van der Waals surface area (Å²) >= 11 is 0. The average molecular weight is 475 g/mol. The minimum absolute atomic E-state index is 0.180. The monoisotopic (exact) mass is 474 g/mol. The van der Waals surface area contributed by atoms with E-state index < -0.39 is 41.6 Å². The lowest BCUT2D eigenvalue weighted by Crippen LogP contribution is -2.58. The van der Waals surface area contributed by atoms with Crippen molar-refractivity contribution in [3.63, 3.8) is 0 Å². The zero-order valence-electron chi connectivity index (χ0n) is 20.5. The lowest BCUT2D eigenvalue weighted by Gasteiger charge is -2.39. The van der Waals surface area contributed by atoms with Gasteiger partial charge in [-0.2, -0.15) is 0 Å². The summed E-state index contributed by atoms with van der Waals surface area (Å²) in [7, 11) is 0. The molecule has 4 aliphatic heterocycles. The molecule has 2 fully saturated rings. The Morgan fingerprint density at radius 2 is 2.00 bits per heavy atom. The van der Waals surface area contributed by atoms with Crippen LogP contribution < -0.4 is 0 Å². The Labute approximate surface area is 201 Å². The maximum atomic E-state index is 14.1. The molecule has 1 spiro atoms. The molecule has 0 radical (unpaired) electrons. The fourth-order valence-electron chi connectivity index (χ4n) is 6.00. The second-order valence-corrected chi connectivity index (χ2v) is 10.3. The smallest absolute Gasteiger partial charge is 0.312 e. The van der Waals surface area contributed by atoms with Gasteiger partial charge in [0.2, 0.25) is 11.8 Å². The van der Waals surface area contributed by atoms with Gasteiger partial charge in [-0.25, -0.2) is 0 Å². The maximum absolute atomic E-state index is 14.1. The van der Waals surface area contributed by atoms with Crippen molar-refractivity contribution in [2.45, 2.75) is 76.7 Å². The van der Waals surface area contributed by atoms with Crippen LogP contribution in [0.2, 0.25) is 0 Å². The van der Waals surface area contributed by atoms with Crippen LogP contribution in [-0.2, 0) is 23.9 Å². The van der Waals surface area contributed by atoms with Crippen LogP contribution in [0.3, 0.4) is 0 Å². The average Bonchev–Trinajstić information content (AvgIpc) is 3.22. The number of ether oxygens (including phenoxy) is 2. The van der Waals surface area contributed by atoms with E-state index in [1.54, 1.807) is 9.80 Å². The van der Waals surface area contributed by atoms with E-state index in [0.717, 1.165) is 19.3 Å². The van der Waals surface area contributed by atoms with Crippen molar-refractivity contribution < 1.29 is 29.0 Å². The summed E-state index contributed by atoms with van der Waals surface area (Å²) in [5.41, 5.74) is -1.27. The van der Waals surface area contributed by atoms with Crippen LogP contribution >= 0.6 is 0 Å². The number of hydrogen-bond acceptors (Lipinski definition) is 6. The third kappa shape index (κ3) is 4.19. The van der Waals surface area contributed by atoms with Gasteiger partial charge in [0, 0.05) is 13.1 Å². The van der Waals surface area contributed by atoms with Gasteiger partial charge in [-0.05, 0) is 31.6 Å². The van der Waals surface area contributed by atoms with Gasteiger partial charge in [-0.3, -0.25) is 14.4 Å². The predicted octanol–water partition coefficient (Wildman–Crippen LogP) is 2.07. The predicted molar refractivity (Wildman–Crippen MR) is 126 cm³/mol. The highest BCUT2D eigenvalue weighted by Crippen LogP contribution is 2.53. The third-order valence-electron chi connectivity index (χ3n) is 7.50. The van der Waals surface area contributed by atoms with Gasteiger partial charge in [0.25, 0.3) is 0 Å². The van der Waals surface area contributed by atoms with Gasteiger partial charge < -0.3 is 24.4 Å². The van der Waals surface area contributed by atoms with Gasteiger partial charge in [0.05, 0.1) is 31.3 Å². The highest BCUT2D eigenvalue weighted by atomic mass is 16.6. The number of amides is 2. The molecule has 0 aromatic rings. The van der Waals surface area contributed by atoms with Crippen LogP contribution in [0.15, 0.2) is 24.3 Å². The standard InChI is InChI=1S/C26H38N2O6/c1-4-5-12-27-13-9-11-26-21(20-19(34-26)10-7-6-8-14-33-25(20)32)23(30)28(22(26)24(27)31)18(16-29)15-17(2)3/h7,9-11,17-22,29H,4-6,8,12-16H2,1-3H3/b10-7-/t18-,19-,20+,21+,22?,26+/m1/s1. The van der Waals surface area contributed by atoms with E-state index in [9.17, 15) is 19.5 Å². The SMILES string of the molecule is CCCCN1CC=C[C@]23O[C@@H]4/C=C\CCCOC(=O)[C@@H]4[C@H]2C(=O)N([C@@H](CO)CC(C)C)C3C1=O. The Kier molecular flexibility index (Phi) is 7.48. The first kappa shape index (κ1) is 24.9. The first-order valence-corrected chi connectivity index (χ1v) is 12.8.